The maximum absolute atomic E-state index is 11.0. The molecule has 0 aromatic heterocycles. The molecule has 0 rings (SSSR count). The van der Waals surface area contributed by atoms with Gasteiger partial charge in [0.1, 0.15) is 15.9 Å². The van der Waals surface area contributed by atoms with Crippen LogP contribution in [0.4, 0.5) is 0 Å². The number of esters is 1. The number of hydrogen-bond acceptors (Lipinski definition) is 5. The number of carbonyl (C=O) groups is 1. The molecule has 0 aliphatic carbocycles. The smallest absolute Gasteiger partial charge is 0.748 e. The second kappa shape index (κ2) is 17.2. The van der Waals surface area contributed by atoms with E-state index in [4.69, 9.17) is 4.74 Å². The van der Waals surface area contributed by atoms with Gasteiger partial charge < -0.3 is 9.29 Å². The van der Waals surface area contributed by atoms with Crippen molar-refractivity contribution in [2.45, 2.75) is 84.0 Å². The van der Waals surface area contributed by atoms with Gasteiger partial charge in [0.05, 0.1) is 6.61 Å². The first kappa shape index (κ1) is 25.6. The van der Waals surface area contributed by atoms with E-state index in [1.165, 1.54) is 57.8 Å². The number of rotatable bonds is 15. The number of carbonyl (C=O) groups excluding carboxylic acids is 1. The van der Waals surface area contributed by atoms with Crippen LogP contribution in [0.5, 0.6) is 0 Å². The van der Waals surface area contributed by atoms with Gasteiger partial charge in [-0.3, -0.25) is 4.79 Å². The molecule has 23 heavy (non-hydrogen) atoms. The number of ether oxygens (including phenoxy) is 1. The summed E-state index contributed by atoms with van der Waals surface area (Å²) < 4.78 is 35.6. The van der Waals surface area contributed by atoms with Crippen molar-refractivity contribution in [3.63, 3.8) is 0 Å². The Bertz CT molecular complexity index is 371. The first-order valence-corrected chi connectivity index (χ1v) is 10.1. The van der Waals surface area contributed by atoms with Crippen LogP contribution in [0.15, 0.2) is 0 Å². The maximum atomic E-state index is 11.0. The van der Waals surface area contributed by atoms with Crippen molar-refractivity contribution in [1.29, 1.82) is 0 Å². The van der Waals surface area contributed by atoms with Crippen molar-refractivity contribution in [1.82, 2.24) is 0 Å². The molecule has 0 radical (unpaired) electrons. The molecule has 0 aromatic carbocycles. The van der Waals surface area contributed by atoms with Crippen LogP contribution in [-0.4, -0.2) is 31.3 Å². The minimum atomic E-state index is -4.52. The minimum absolute atomic E-state index is 0. The molecule has 0 heterocycles. The van der Waals surface area contributed by atoms with Gasteiger partial charge >= 0.3 is 35.5 Å². The molecule has 0 bridgehead atoms. The van der Waals surface area contributed by atoms with Crippen LogP contribution in [0.3, 0.4) is 0 Å². The molecule has 0 N–H and O–H groups in total. The van der Waals surface area contributed by atoms with Gasteiger partial charge in [0.15, 0.2) is 0 Å². The van der Waals surface area contributed by atoms with Crippen molar-refractivity contribution in [2.24, 2.45) is 0 Å². The van der Waals surface area contributed by atoms with E-state index in [0.29, 0.717) is 0 Å². The Morgan fingerprint density at radius 1 is 0.826 bits per heavy atom. The molecule has 0 unspecified atom stereocenters. The van der Waals surface area contributed by atoms with Crippen LogP contribution < -0.4 is 29.6 Å². The van der Waals surface area contributed by atoms with Crippen molar-refractivity contribution < 1.29 is 52.1 Å². The summed E-state index contributed by atoms with van der Waals surface area (Å²) >= 11 is 0. The third kappa shape index (κ3) is 22.4. The standard InChI is InChI=1S/C16H32O5S.Na/c1-2-3-4-5-6-7-8-9-10-11-12-13-14-21-16(17)15-22(18,19)20;/h2-15H2,1H3,(H,18,19,20);/q;+1/p-1. The second-order valence-corrected chi connectivity index (χ2v) is 7.22. The van der Waals surface area contributed by atoms with E-state index in [1.807, 2.05) is 0 Å². The van der Waals surface area contributed by atoms with E-state index in [2.05, 4.69) is 6.92 Å². The molecular formula is C16H31NaO5S. The van der Waals surface area contributed by atoms with E-state index >= 15 is 0 Å². The van der Waals surface area contributed by atoms with Crippen molar-refractivity contribution in [2.75, 3.05) is 12.4 Å². The van der Waals surface area contributed by atoms with Crippen LogP contribution >= 0.6 is 0 Å². The molecule has 0 aliphatic rings. The minimum Gasteiger partial charge on any atom is -0.748 e. The molecule has 7 heteroatoms. The average molecular weight is 358 g/mol. The zero-order valence-electron chi connectivity index (χ0n) is 14.8. The van der Waals surface area contributed by atoms with E-state index in [-0.39, 0.29) is 36.2 Å². The topological polar surface area (TPSA) is 83.5 Å². The monoisotopic (exact) mass is 358 g/mol. The fourth-order valence-electron chi connectivity index (χ4n) is 2.32. The Morgan fingerprint density at radius 3 is 1.61 bits per heavy atom. The van der Waals surface area contributed by atoms with Gasteiger partial charge in [-0.05, 0) is 6.42 Å². The molecule has 5 nitrogen and oxygen atoms in total. The fourth-order valence-corrected chi connectivity index (χ4v) is 2.69. The molecule has 0 aromatic rings. The largest absolute Gasteiger partial charge is 1.00 e. The molecule has 0 saturated heterocycles. The predicted octanol–water partition coefficient (Wildman–Crippen LogP) is 0.780. The van der Waals surface area contributed by atoms with Crippen LogP contribution in [0, 0.1) is 0 Å². The predicted molar refractivity (Wildman–Crippen MR) is 86.6 cm³/mol. The quantitative estimate of drug-likeness (QED) is 0.187. The molecule has 0 saturated carbocycles. The summed E-state index contributed by atoms with van der Waals surface area (Å²) in [7, 11) is -4.52. The normalized spacial score (nSPS) is 11.0. The van der Waals surface area contributed by atoms with Gasteiger partial charge in [0.25, 0.3) is 0 Å². The first-order valence-electron chi connectivity index (χ1n) is 8.55. The van der Waals surface area contributed by atoms with E-state index in [1.54, 1.807) is 0 Å². The summed E-state index contributed by atoms with van der Waals surface area (Å²) in [4.78, 5) is 11.0. The Kier molecular flexibility index (Phi) is 19.2. The Labute approximate surface area is 164 Å². The van der Waals surface area contributed by atoms with Crippen molar-refractivity contribution >= 4 is 16.1 Å². The third-order valence-corrected chi connectivity index (χ3v) is 4.14. The summed E-state index contributed by atoms with van der Waals surface area (Å²) in [6, 6.07) is 0. The van der Waals surface area contributed by atoms with Crippen LogP contribution in [0.25, 0.3) is 0 Å². The molecule has 0 amide bonds. The molecule has 0 aliphatic heterocycles. The van der Waals surface area contributed by atoms with E-state index < -0.39 is 21.8 Å². The zero-order chi connectivity index (χ0) is 16.7. The van der Waals surface area contributed by atoms with Crippen molar-refractivity contribution in [3.05, 3.63) is 0 Å². The first-order chi connectivity index (χ1) is 10.5. The van der Waals surface area contributed by atoms with Gasteiger partial charge in [0.2, 0.25) is 0 Å². The van der Waals surface area contributed by atoms with Crippen molar-refractivity contribution in [3.8, 4) is 0 Å². The van der Waals surface area contributed by atoms with Gasteiger partial charge in [-0.2, -0.15) is 0 Å². The summed E-state index contributed by atoms with van der Waals surface area (Å²) in [5, 5.41) is 0. The summed E-state index contributed by atoms with van der Waals surface area (Å²) in [5.74, 6) is -2.01. The summed E-state index contributed by atoms with van der Waals surface area (Å²) in [6.45, 7) is 2.43. The second-order valence-electron chi connectivity index (χ2n) is 5.81. The fraction of sp³-hybridized carbons (Fsp3) is 0.938. The molecule has 0 fully saturated rings. The van der Waals surface area contributed by atoms with Gasteiger partial charge in [-0.25, -0.2) is 8.42 Å². The average Bonchev–Trinajstić information content (AvgIpc) is 2.42. The Balaban J connectivity index is 0. The van der Waals surface area contributed by atoms with Crippen LogP contribution in [-0.2, 0) is 19.6 Å². The number of unbranched alkanes of at least 4 members (excludes halogenated alkanes) is 11. The Morgan fingerprint density at radius 2 is 1.22 bits per heavy atom. The van der Waals surface area contributed by atoms with Crippen LogP contribution in [0.2, 0.25) is 0 Å². The zero-order valence-corrected chi connectivity index (χ0v) is 17.7. The van der Waals surface area contributed by atoms with Gasteiger partial charge in [-0.1, -0.05) is 77.6 Å². The Hall–Kier alpha value is 0.380. The number of hydrogen-bond donors (Lipinski definition) is 0. The van der Waals surface area contributed by atoms with Gasteiger partial charge in [0, 0.05) is 0 Å². The molecular weight excluding hydrogens is 327 g/mol. The maximum Gasteiger partial charge on any atom is 1.00 e. The van der Waals surface area contributed by atoms with E-state index in [9.17, 15) is 17.8 Å². The SMILES string of the molecule is CCCCCCCCCCCCCCOC(=O)CS(=O)(=O)[O-].[Na+]. The molecule has 0 atom stereocenters. The molecule has 0 spiro atoms. The third-order valence-electron chi connectivity index (χ3n) is 3.56. The van der Waals surface area contributed by atoms with Crippen LogP contribution in [0.1, 0.15) is 84.0 Å². The summed E-state index contributed by atoms with van der Waals surface area (Å²) in [6.07, 6.45) is 14.6. The molecule has 132 valence electrons. The van der Waals surface area contributed by atoms with E-state index in [0.717, 1.165) is 19.3 Å². The van der Waals surface area contributed by atoms with Gasteiger partial charge in [-0.15, -0.1) is 0 Å². The summed E-state index contributed by atoms with van der Waals surface area (Å²) in [5.41, 5.74) is 0.